The third kappa shape index (κ3) is 21.2. The Kier molecular flexibility index (Phi) is 23.2. The second-order valence-corrected chi connectivity index (χ2v) is 13.2. The third-order valence-corrected chi connectivity index (χ3v) is 8.90. The molecule has 2 aromatic carbocycles. The summed E-state index contributed by atoms with van der Waals surface area (Å²) in [5.74, 6) is -2.14. The second-order valence-electron chi connectivity index (χ2n) is 13.2. The van der Waals surface area contributed by atoms with E-state index in [1.54, 1.807) is 0 Å². The molecule has 2 rings (SSSR count). The van der Waals surface area contributed by atoms with Crippen LogP contribution in [-0.4, -0.2) is 36.2 Å². The number of ether oxygens (including phenoxy) is 2. The van der Waals surface area contributed by atoms with Gasteiger partial charge in [0, 0.05) is 31.7 Å². The van der Waals surface area contributed by atoms with E-state index >= 15 is 0 Å². The summed E-state index contributed by atoms with van der Waals surface area (Å²) in [7, 11) is 0. The number of carbonyl (C=O) groups excluding carboxylic acids is 4. The normalized spacial score (nSPS) is 12.2. The van der Waals surface area contributed by atoms with E-state index in [2.05, 4.69) is 12.2 Å². The first-order valence-electron chi connectivity index (χ1n) is 18.8. The maximum Gasteiger partial charge on any atom is 0.306 e. The number of ketones is 1. The van der Waals surface area contributed by atoms with Gasteiger partial charge in [-0.2, -0.15) is 0 Å². The van der Waals surface area contributed by atoms with Crippen LogP contribution in [0.25, 0.3) is 0 Å². The van der Waals surface area contributed by atoms with E-state index in [0.29, 0.717) is 6.54 Å². The van der Waals surface area contributed by atoms with E-state index < -0.39 is 23.9 Å². The molecule has 0 aliphatic heterocycles. The van der Waals surface area contributed by atoms with E-state index in [1.807, 2.05) is 60.7 Å². The fraction of sp³-hybridized carbons (Fsp3) is 0.610. The minimum Gasteiger partial charge on any atom is -0.461 e. The molecule has 2 aromatic rings. The maximum atomic E-state index is 13.2. The highest BCUT2D eigenvalue weighted by Gasteiger charge is 2.26. The predicted molar refractivity (Wildman–Crippen MR) is 195 cm³/mol. The predicted octanol–water partition coefficient (Wildman–Crippen LogP) is 8.53. The van der Waals surface area contributed by atoms with Gasteiger partial charge in [-0.15, -0.1) is 0 Å². The summed E-state index contributed by atoms with van der Waals surface area (Å²) < 4.78 is 10.7. The Morgan fingerprint density at radius 2 is 1.04 bits per heavy atom. The number of amides is 1. The van der Waals surface area contributed by atoms with E-state index in [9.17, 15) is 19.2 Å². The summed E-state index contributed by atoms with van der Waals surface area (Å²) in [5.41, 5.74) is 7.90. The number of benzene rings is 2. The van der Waals surface area contributed by atoms with Crippen LogP contribution in [0.15, 0.2) is 60.7 Å². The van der Waals surface area contributed by atoms with Crippen molar-refractivity contribution in [1.82, 2.24) is 5.32 Å². The summed E-state index contributed by atoms with van der Waals surface area (Å²) in [5, 5.41) is 2.98. The number of rotatable bonds is 29. The van der Waals surface area contributed by atoms with Crippen molar-refractivity contribution in [2.45, 2.75) is 148 Å². The van der Waals surface area contributed by atoms with Gasteiger partial charge in [0.25, 0.3) is 0 Å². The first kappa shape index (κ1) is 41.7. The molecule has 8 heteroatoms. The largest absolute Gasteiger partial charge is 0.461 e. The van der Waals surface area contributed by atoms with E-state index in [-0.39, 0.29) is 57.0 Å². The first-order chi connectivity index (χ1) is 23.9. The number of hydrogen-bond donors (Lipinski definition) is 2. The standard InChI is InChI=1S/C41H62N2O6/c1-2-3-4-5-6-7-8-9-10-11-12-13-14-21-30-43-41(47)36(26-28-39(45)48-32-34-22-17-15-18-23-34)31-38(44)37(42)27-29-40(46)49-33-35-24-19-16-20-25-35/h15-20,22-25,36-37H,2-14,21,26-33,42H2,1H3,(H,43,47)/t36-,37+/m0/s1. The minimum absolute atomic E-state index is 0.00153. The van der Waals surface area contributed by atoms with Gasteiger partial charge in [0.2, 0.25) is 5.91 Å². The summed E-state index contributed by atoms with van der Waals surface area (Å²) in [6, 6.07) is 17.8. The van der Waals surface area contributed by atoms with Gasteiger partial charge >= 0.3 is 11.9 Å². The number of nitrogens with one attached hydrogen (secondary N) is 1. The average molecular weight is 679 g/mol. The summed E-state index contributed by atoms with van der Waals surface area (Å²) >= 11 is 0. The topological polar surface area (TPSA) is 125 Å². The zero-order chi connectivity index (χ0) is 35.4. The van der Waals surface area contributed by atoms with Crippen LogP contribution in [0.3, 0.4) is 0 Å². The van der Waals surface area contributed by atoms with Crippen molar-refractivity contribution in [1.29, 1.82) is 0 Å². The fourth-order valence-electron chi connectivity index (χ4n) is 5.74. The van der Waals surface area contributed by atoms with Crippen LogP contribution in [0.4, 0.5) is 0 Å². The van der Waals surface area contributed by atoms with Gasteiger partial charge in [0.15, 0.2) is 0 Å². The summed E-state index contributed by atoms with van der Waals surface area (Å²) in [4.78, 5) is 51.0. The molecule has 0 spiro atoms. The van der Waals surface area contributed by atoms with Crippen molar-refractivity contribution < 1.29 is 28.7 Å². The highest BCUT2D eigenvalue weighted by molar-refractivity contribution is 5.90. The third-order valence-electron chi connectivity index (χ3n) is 8.90. The zero-order valence-corrected chi connectivity index (χ0v) is 30.0. The monoisotopic (exact) mass is 678 g/mol. The molecule has 0 bridgehead atoms. The second kappa shape index (κ2) is 27.3. The van der Waals surface area contributed by atoms with E-state index in [4.69, 9.17) is 15.2 Å². The zero-order valence-electron chi connectivity index (χ0n) is 30.0. The van der Waals surface area contributed by atoms with Crippen molar-refractivity contribution in [3.8, 4) is 0 Å². The summed E-state index contributed by atoms with van der Waals surface area (Å²) in [6.45, 7) is 3.09. The van der Waals surface area contributed by atoms with Crippen molar-refractivity contribution in [3.05, 3.63) is 71.8 Å². The van der Waals surface area contributed by atoms with Gasteiger partial charge in [-0.05, 0) is 30.4 Å². The Hall–Kier alpha value is -3.52. The fourth-order valence-corrected chi connectivity index (χ4v) is 5.74. The van der Waals surface area contributed by atoms with Crippen molar-refractivity contribution in [2.24, 2.45) is 11.7 Å². The molecule has 0 aliphatic carbocycles. The lowest BCUT2D eigenvalue weighted by Crippen LogP contribution is -2.38. The molecular formula is C41H62N2O6. The molecular weight excluding hydrogens is 616 g/mol. The maximum absolute atomic E-state index is 13.2. The average Bonchev–Trinajstić information content (AvgIpc) is 3.12. The summed E-state index contributed by atoms with van der Waals surface area (Å²) in [6.07, 6.45) is 17.9. The van der Waals surface area contributed by atoms with Crippen LogP contribution in [0.1, 0.15) is 140 Å². The van der Waals surface area contributed by atoms with Crippen molar-refractivity contribution in [2.75, 3.05) is 6.54 Å². The number of carbonyl (C=O) groups is 4. The smallest absolute Gasteiger partial charge is 0.306 e. The Labute approximate surface area is 295 Å². The molecule has 1 amide bonds. The highest BCUT2D eigenvalue weighted by atomic mass is 16.5. The van der Waals surface area contributed by atoms with Crippen LogP contribution in [0.2, 0.25) is 0 Å². The lowest BCUT2D eigenvalue weighted by atomic mass is 9.92. The molecule has 0 aromatic heterocycles. The van der Waals surface area contributed by atoms with Gasteiger partial charge in [-0.3, -0.25) is 19.2 Å². The molecule has 0 fully saturated rings. The lowest BCUT2D eigenvalue weighted by molar-refractivity contribution is -0.146. The Morgan fingerprint density at radius 3 is 1.51 bits per heavy atom. The molecule has 0 radical (unpaired) electrons. The number of nitrogens with two attached hydrogens (primary N) is 1. The number of hydrogen-bond acceptors (Lipinski definition) is 7. The minimum atomic E-state index is -0.907. The molecule has 0 saturated carbocycles. The van der Waals surface area contributed by atoms with E-state index in [0.717, 1.165) is 30.4 Å². The van der Waals surface area contributed by atoms with Gasteiger partial charge in [-0.25, -0.2) is 0 Å². The van der Waals surface area contributed by atoms with Gasteiger partial charge in [0.05, 0.1) is 6.04 Å². The Bertz CT molecular complexity index is 1170. The number of Topliss-reactive ketones (excluding diaryl/α,β-unsaturated/α-hetero) is 1. The molecule has 49 heavy (non-hydrogen) atoms. The molecule has 0 unspecified atom stereocenters. The van der Waals surface area contributed by atoms with Crippen molar-refractivity contribution >= 4 is 23.6 Å². The SMILES string of the molecule is CCCCCCCCCCCCCCCCNC(=O)[C@@H](CCC(=O)OCc1ccccc1)CC(=O)[C@H](N)CCC(=O)OCc1ccccc1. The molecule has 0 saturated heterocycles. The lowest BCUT2D eigenvalue weighted by Gasteiger charge is -2.18. The van der Waals surface area contributed by atoms with E-state index in [1.165, 1.54) is 70.6 Å². The Morgan fingerprint density at radius 1 is 0.612 bits per heavy atom. The van der Waals surface area contributed by atoms with Crippen LogP contribution in [0, 0.1) is 5.92 Å². The van der Waals surface area contributed by atoms with Crippen LogP contribution in [0.5, 0.6) is 0 Å². The number of esters is 2. The number of unbranched alkanes of at least 4 members (excludes halogenated alkanes) is 13. The highest BCUT2D eigenvalue weighted by Crippen LogP contribution is 2.17. The Balaban J connectivity index is 1.71. The van der Waals surface area contributed by atoms with Crippen LogP contribution >= 0.6 is 0 Å². The first-order valence-corrected chi connectivity index (χ1v) is 18.8. The molecule has 0 heterocycles. The molecule has 3 N–H and O–H groups in total. The molecule has 2 atom stereocenters. The van der Waals surface area contributed by atoms with Crippen LogP contribution < -0.4 is 11.1 Å². The van der Waals surface area contributed by atoms with Gasteiger partial charge < -0.3 is 20.5 Å². The molecule has 8 nitrogen and oxygen atoms in total. The van der Waals surface area contributed by atoms with Gasteiger partial charge in [-0.1, -0.05) is 151 Å². The van der Waals surface area contributed by atoms with Crippen LogP contribution in [-0.2, 0) is 41.9 Å². The van der Waals surface area contributed by atoms with Gasteiger partial charge in [0.1, 0.15) is 19.0 Å². The molecule has 272 valence electrons. The van der Waals surface area contributed by atoms with Crippen molar-refractivity contribution in [3.63, 3.8) is 0 Å². The molecule has 0 aliphatic rings. The quantitative estimate of drug-likeness (QED) is 0.0653.